The van der Waals surface area contributed by atoms with Gasteiger partial charge in [-0.1, -0.05) is 136 Å². The molecule has 0 saturated carbocycles. The van der Waals surface area contributed by atoms with E-state index in [4.69, 9.17) is 15.0 Å². The summed E-state index contributed by atoms with van der Waals surface area (Å²) < 4.78 is 0. The van der Waals surface area contributed by atoms with E-state index in [2.05, 4.69) is 124 Å². The van der Waals surface area contributed by atoms with E-state index < -0.39 is 0 Å². The van der Waals surface area contributed by atoms with E-state index >= 15 is 0 Å². The van der Waals surface area contributed by atoms with Crippen molar-refractivity contribution in [3.63, 3.8) is 0 Å². The standard InChI is InChI=1S/C43H39N3/c1-28-13-7-8-20-35(28)42-45-40(29-14-5-4-6-15-29)44-41(46-42)34-19-12-18-32(26-34)30-16-11-17-31(25-30)33-23-24-37-36-21-9-10-22-38(36)43(2,3)39(37)27-33/h4-8,10-12,14-20,22-24,26-28,31H,9,13,21,25H2,1-3H3. The Bertz CT molecular complexity index is 2030. The molecule has 3 nitrogen and oxygen atoms in total. The number of aromatic nitrogens is 3. The summed E-state index contributed by atoms with van der Waals surface area (Å²) in [6, 6.07) is 26.2. The molecule has 8 rings (SSSR count). The van der Waals surface area contributed by atoms with E-state index in [1.165, 1.54) is 33.4 Å². The minimum atomic E-state index is 0.0483. The van der Waals surface area contributed by atoms with E-state index in [1.54, 1.807) is 5.57 Å². The van der Waals surface area contributed by atoms with Crippen molar-refractivity contribution in [1.82, 2.24) is 15.0 Å². The Balaban J connectivity index is 1.11. The molecule has 1 heterocycles. The van der Waals surface area contributed by atoms with Gasteiger partial charge < -0.3 is 0 Å². The largest absolute Gasteiger partial charge is 0.209 e. The van der Waals surface area contributed by atoms with Crippen LogP contribution in [0.4, 0.5) is 0 Å². The number of hydrogen-bond acceptors (Lipinski definition) is 3. The van der Waals surface area contributed by atoms with Crippen molar-refractivity contribution in [3.8, 4) is 22.8 Å². The lowest BCUT2D eigenvalue weighted by Crippen LogP contribution is -2.17. The summed E-state index contributed by atoms with van der Waals surface area (Å²) >= 11 is 0. The second-order valence-corrected chi connectivity index (χ2v) is 13.6. The summed E-state index contributed by atoms with van der Waals surface area (Å²) in [6.07, 6.45) is 22.3. The van der Waals surface area contributed by atoms with Crippen molar-refractivity contribution >= 4 is 16.7 Å². The van der Waals surface area contributed by atoms with Crippen molar-refractivity contribution in [2.75, 3.05) is 0 Å². The zero-order valence-corrected chi connectivity index (χ0v) is 26.9. The first-order valence-corrected chi connectivity index (χ1v) is 16.7. The topological polar surface area (TPSA) is 38.7 Å². The predicted molar refractivity (Wildman–Crippen MR) is 191 cm³/mol. The van der Waals surface area contributed by atoms with Gasteiger partial charge in [0.2, 0.25) is 0 Å². The highest BCUT2D eigenvalue weighted by atomic mass is 15.0. The van der Waals surface area contributed by atoms with E-state index in [9.17, 15) is 0 Å². The lowest BCUT2D eigenvalue weighted by molar-refractivity contribution is 0.649. The van der Waals surface area contributed by atoms with Crippen LogP contribution >= 0.6 is 0 Å². The number of rotatable bonds is 5. The third kappa shape index (κ3) is 5.04. The average Bonchev–Trinajstić information content (AvgIpc) is 3.34. The molecular formula is C43H39N3. The number of hydrogen-bond donors (Lipinski definition) is 0. The van der Waals surface area contributed by atoms with Gasteiger partial charge in [0.1, 0.15) is 0 Å². The van der Waals surface area contributed by atoms with Crippen LogP contribution in [-0.4, -0.2) is 15.0 Å². The normalized spacial score (nSPS) is 21.1. The van der Waals surface area contributed by atoms with E-state index in [0.29, 0.717) is 23.5 Å². The Labute approximate surface area is 272 Å². The first-order chi connectivity index (χ1) is 22.5. The Kier molecular flexibility index (Phi) is 7.13. The number of fused-ring (bicyclic) bond motifs is 2. The van der Waals surface area contributed by atoms with Crippen molar-refractivity contribution in [1.29, 1.82) is 0 Å². The minimum Gasteiger partial charge on any atom is -0.209 e. The van der Waals surface area contributed by atoms with Crippen LogP contribution in [0.3, 0.4) is 0 Å². The Morgan fingerprint density at radius 3 is 2.37 bits per heavy atom. The third-order valence-electron chi connectivity index (χ3n) is 10.2. The molecule has 0 amide bonds. The molecule has 0 saturated heterocycles. The summed E-state index contributed by atoms with van der Waals surface area (Å²) in [5.74, 6) is 2.87. The maximum Gasteiger partial charge on any atom is 0.164 e. The molecule has 4 aromatic rings. The molecule has 46 heavy (non-hydrogen) atoms. The molecule has 0 aliphatic heterocycles. The van der Waals surface area contributed by atoms with Crippen LogP contribution in [0.15, 0.2) is 127 Å². The maximum atomic E-state index is 5.06. The quantitative estimate of drug-likeness (QED) is 0.230. The Hall–Kier alpha value is -4.89. The van der Waals surface area contributed by atoms with Crippen molar-refractivity contribution < 1.29 is 0 Å². The van der Waals surface area contributed by atoms with E-state index in [0.717, 1.165) is 48.2 Å². The smallest absolute Gasteiger partial charge is 0.164 e. The van der Waals surface area contributed by atoms with Gasteiger partial charge in [0.15, 0.2) is 17.5 Å². The second kappa shape index (κ2) is 11.5. The van der Waals surface area contributed by atoms with Crippen molar-refractivity contribution in [2.45, 2.75) is 57.8 Å². The van der Waals surface area contributed by atoms with Gasteiger partial charge in [-0.15, -0.1) is 0 Å². The fraction of sp³-hybridized carbons (Fsp3) is 0.233. The van der Waals surface area contributed by atoms with Crippen LogP contribution in [0.1, 0.15) is 80.5 Å². The Morgan fingerprint density at radius 1 is 0.739 bits per heavy atom. The molecule has 3 heteroatoms. The van der Waals surface area contributed by atoms with Gasteiger partial charge in [0, 0.05) is 28.0 Å². The van der Waals surface area contributed by atoms with Gasteiger partial charge in [-0.2, -0.15) is 0 Å². The first-order valence-electron chi connectivity index (χ1n) is 16.7. The van der Waals surface area contributed by atoms with Crippen LogP contribution < -0.4 is 0 Å². The van der Waals surface area contributed by atoms with Crippen LogP contribution in [0, 0.1) is 5.92 Å². The summed E-state index contributed by atoms with van der Waals surface area (Å²) in [5.41, 5.74) is 13.1. The molecule has 0 spiro atoms. The monoisotopic (exact) mass is 597 g/mol. The average molecular weight is 598 g/mol. The predicted octanol–water partition coefficient (Wildman–Crippen LogP) is 10.7. The number of nitrogens with zero attached hydrogens (tertiary/aromatic N) is 3. The van der Waals surface area contributed by atoms with Gasteiger partial charge in [-0.25, -0.2) is 15.0 Å². The van der Waals surface area contributed by atoms with Gasteiger partial charge in [0.25, 0.3) is 0 Å². The SMILES string of the molecule is CC1CC=CC=C1c1nc(-c2ccccc2)nc(-c2cccc(C3=CC=CC(c4ccc5c(c4)C(C)(C)C4=C5CCC=C4)C3)c2)n1. The van der Waals surface area contributed by atoms with Crippen LogP contribution in [-0.2, 0) is 5.41 Å². The molecule has 2 atom stereocenters. The Morgan fingerprint density at radius 2 is 1.52 bits per heavy atom. The number of benzene rings is 3. The fourth-order valence-corrected chi connectivity index (χ4v) is 7.62. The number of allylic oxidation sites excluding steroid dienone is 12. The molecule has 226 valence electrons. The summed E-state index contributed by atoms with van der Waals surface area (Å²) in [4.78, 5) is 15.0. The second-order valence-electron chi connectivity index (χ2n) is 13.6. The highest BCUT2D eigenvalue weighted by Gasteiger charge is 2.37. The van der Waals surface area contributed by atoms with Gasteiger partial charge >= 0.3 is 0 Å². The zero-order valence-electron chi connectivity index (χ0n) is 26.9. The minimum absolute atomic E-state index is 0.0483. The highest BCUT2D eigenvalue weighted by molar-refractivity contribution is 5.83. The fourth-order valence-electron chi connectivity index (χ4n) is 7.62. The molecule has 3 aromatic carbocycles. The lowest BCUT2D eigenvalue weighted by Gasteiger charge is -2.26. The van der Waals surface area contributed by atoms with Crippen molar-refractivity contribution in [2.24, 2.45) is 5.92 Å². The van der Waals surface area contributed by atoms with Crippen LogP contribution in [0.5, 0.6) is 0 Å². The highest BCUT2D eigenvalue weighted by Crippen LogP contribution is 2.51. The zero-order chi connectivity index (χ0) is 31.3. The molecule has 0 radical (unpaired) electrons. The molecule has 2 unspecified atom stereocenters. The lowest BCUT2D eigenvalue weighted by atomic mass is 9.78. The summed E-state index contributed by atoms with van der Waals surface area (Å²) in [5, 5.41) is 0. The molecule has 1 aromatic heterocycles. The third-order valence-corrected chi connectivity index (χ3v) is 10.2. The van der Waals surface area contributed by atoms with Crippen LogP contribution in [0.25, 0.3) is 39.5 Å². The molecule has 0 bridgehead atoms. The van der Waals surface area contributed by atoms with Gasteiger partial charge in [-0.3, -0.25) is 0 Å². The molecular weight excluding hydrogens is 558 g/mol. The molecule has 0 N–H and O–H groups in total. The molecule has 4 aliphatic rings. The summed E-state index contributed by atoms with van der Waals surface area (Å²) in [6.45, 7) is 7.02. The van der Waals surface area contributed by atoms with Crippen molar-refractivity contribution in [3.05, 3.63) is 155 Å². The first kappa shape index (κ1) is 28.6. The van der Waals surface area contributed by atoms with E-state index in [-0.39, 0.29) is 5.41 Å². The van der Waals surface area contributed by atoms with Crippen LogP contribution in [0.2, 0.25) is 0 Å². The molecule has 4 aliphatic carbocycles. The maximum absolute atomic E-state index is 5.06. The van der Waals surface area contributed by atoms with Gasteiger partial charge in [0.05, 0.1) is 0 Å². The molecule has 0 fully saturated rings. The van der Waals surface area contributed by atoms with Gasteiger partial charge in [-0.05, 0) is 76.6 Å². The van der Waals surface area contributed by atoms with E-state index in [1.807, 2.05) is 18.2 Å². The summed E-state index contributed by atoms with van der Waals surface area (Å²) in [7, 11) is 0.